The number of fused-ring (bicyclic) bond motifs is 3. The van der Waals surface area contributed by atoms with Gasteiger partial charge in [0.15, 0.2) is 0 Å². The molecule has 0 atom stereocenters. The minimum Gasteiger partial charge on any atom is -0.0614 e. The Balaban J connectivity index is 1.02. The van der Waals surface area contributed by atoms with E-state index in [4.69, 9.17) is 0 Å². The number of rotatable bonds is 2. The molecule has 3 aliphatic rings. The summed E-state index contributed by atoms with van der Waals surface area (Å²) in [4.78, 5) is 0. The fourth-order valence-corrected chi connectivity index (χ4v) is 9.59. The highest BCUT2D eigenvalue weighted by atomic mass is 14.4. The van der Waals surface area contributed by atoms with Crippen LogP contribution in [-0.4, -0.2) is 0 Å². The molecular formula is C47H34. The van der Waals surface area contributed by atoms with E-state index in [1.54, 1.807) is 0 Å². The smallest absolute Gasteiger partial charge is 0.0159 e. The van der Waals surface area contributed by atoms with Crippen molar-refractivity contribution in [1.82, 2.24) is 0 Å². The molecule has 0 bridgehead atoms. The van der Waals surface area contributed by atoms with E-state index in [1.807, 2.05) is 0 Å². The van der Waals surface area contributed by atoms with Crippen molar-refractivity contribution in [3.8, 4) is 33.4 Å². The van der Waals surface area contributed by atoms with Crippen molar-refractivity contribution in [2.75, 3.05) is 0 Å². The monoisotopic (exact) mass is 598 g/mol. The van der Waals surface area contributed by atoms with Crippen LogP contribution in [0.1, 0.15) is 47.2 Å². The van der Waals surface area contributed by atoms with Crippen LogP contribution in [-0.2, 0) is 31.1 Å². The Morgan fingerprint density at radius 1 is 0.362 bits per heavy atom. The maximum absolute atomic E-state index is 2.49. The Morgan fingerprint density at radius 3 is 1.28 bits per heavy atom. The lowest BCUT2D eigenvalue weighted by molar-refractivity contribution is 0.661. The Morgan fingerprint density at radius 2 is 0.787 bits per heavy atom. The van der Waals surface area contributed by atoms with Gasteiger partial charge >= 0.3 is 0 Å². The van der Waals surface area contributed by atoms with Crippen molar-refractivity contribution in [3.05, 3.63) is 155 Å². The summed E-state index contributed by atoms with van der Waals surface area (Å²) in [5.74, 6) is 0. The van der Waals surface area contributed by atoms with Gasteiger partial charge in [0.1, 0.15) is 0 Å². The summed E-state index contributed by atoms with van der Waals surface area (Å²) in [5, 5.41) is 11.3. The fraction of sp³-hybridized carbons (Fsp3) is 0.149. The van der Waals surface area contributed by atoms with Gasteiger partial charge in [0.05, 0.1) is 0 Å². The third kappa shape index (κ3) is 3.48. The molecule has 0 amide bonds. The molecule has 0 N–H and O–H groups in total. The third-order valence-corrected chi connectivity index (χ3v) is 11.9. The van der Waals surface area contributed by atoms with Gasteiger partial charge in [0.2, 0.25) is 0 Å². The molecule has 0 heterocycles. The zero-order valence-corrected chi connectivity index (χ0v) is 26.9. The Bertz CT molecular complexity index is 2510. The van der Waals surface area contributed by atoms with E-state index in [1.165, 1.54) is 110 Å². The van der Waals surface area contributed by atoms with Crippen molar-refractivity contribution < 1.29 is 0 Å². The van der Waals surface area contributed by atoms with Crippen molar-refractivity contribution in [3.63, 3.8) is 0 Å². The standard InChI is InChI=1S/C47H34/c1-47(2)41-25-31(37-21-33-13-9-27-5-3-6-28-10-14-34(22-37)45(33)43(27)28)17-19-39(41)40-20-18-32(26-42(40)47)38-23-35-15-11-29-7-4-8-30-12-16-36(24-38)46(35)44(29)30/h3-9,11,13,15,17-26H,10,12,14,16H2,1-2H3. The van der Waals surface area contributed by atoms with Gasteiger partial charge in [-0.15, -0.1) is 0 Å². The molecule has 0 heteroatoms. The van der Waals surface area contributed by atoms with Crippen LogP contribution in [0.3, 0.4) is 0 Å². The van der Waals surface area contributed by atoms with Gasteiger partial charge in [0, 0.05) is 5.41 Å². The van der Waals surface area contributed by atoms with E-state index >= 15 is 0 Å². The summed E-state index contributed by atoms with van der Waals surface area (Å²) in [6.07, 6.45) is 4.47. The molecule has 0 unspecified atom stereocenters. The molecule has 8 aromatic carbocycles. The van der Waals surface area contributed by atoms with Crippen LogP contribution in [0.4, 0.5) is 0 Å². The molecule has 8 aromatic rings. The molecule has 0 spiro atoms. The molecule has 0 aliphatic heterocycles. The average molecular weight is 599 g/mol. The third-order valence-electron chi connectivity index (χ3n) is 11.9. The maximum Gasteiger partial charge on any atom is 0.0159 e. The number of aryl methyl sites for hydroxylation is 4. The Kier molecular flexibility index (Phi) is 4.96. The highest BCUT2D eigenvalue weighted by Gasteiger charge is 2.36. The van der Waals surface area contributed by atoms with E-state index < -0.39 is 0 Å². The highest BCUT2D eigenvalue weighted by molar-refractivity contribution is 6.14. The van der Waals surface area contributed by atoms with E-state index in [0.717, 1.165) is 25.7 Å². The average Bonchev–Trinajstić information content (AvgIpc) is 3.34. The van der Waals surface area contributed by atoms with Crippen LogP contribution in [0.15, 0.2) is 121 Å². The van der Waals surface area contributed by atoms with E-state index in [-0.39, 0.29) is 5.41 Å². The van der Waals surface area contributed by atoms with Crippen molar-refractivity contribution in [1.29, 1.82) is 0 Å². The van der Waals surface area contributed by atoms with Gasteiger partial charge in [-0.1, -0.05) is 111 Å². The predicted octanol–water partition coefficient (Wildman–Crippen LogP) is 12.1. The first-order valence-electron chi connectivity index (χ1n) is 17.3. The lowest BCUT2D eigenvalue weighted by Gasteiger charge is -2.24. The van der Waals surface area contributed by atoms with Crippen LogP contribution in [0.5, 0.6) is 0 Å². The van der Waals surface area contributed by atoms with Gasteiger partial charge in [-0.3, -0.25) is 0 Å². The molecule has 0 saturated heterocycles. The Labute approximate surface area is 275 Å². The van der Waals surface area contributed by atoms with Crippen LogP contribution < -0.4 is 0 Å². The second-order valence-corrected chi connectivity index (χ2v) is 14.8. The zero-order valence-electron chi connectivity index (χ0n) is 26.9. The predicted molar refractivity (Wildman–Crippen MR) is 200 cm³/mol. The highest BCUT2D eigenvalue weighted by Crippen LogP contribution is 2.51. The first kappa shape index (κ1) is 25.9. The van der Waals surface area contributed by atoms with Gasteiger partial charge < -0.3 is 0 Å². The minimum atomic E-state index is -0.0802. The summed E-state index contributed by atoms with van der Waals surface area (Å²) in [7, 11) is 0. The molecule has 0 nitrogen and oxygen atoms in total. The lowest BCUT2D eigenvalue weighted by Crippen LogP contribution is -2.15. The van der Waals surface area contributed by atoms with Crippen LogP contribution in [0.25, 0.3) is 76.5 Å². The number of hydrogen-bond acceptors (Lipinski definition) is 0. The SMILES string of the molecule is CC1(C)c2cc(-c3cc4c5c(ccc6cccc(c65)CC4)c3)ccc2-c2ccc(-c3cc4c5c(ccc6cccc(c65)CC4)c3)cc21. The normalized spacial score (nSPS) is 15.3. The summed E-state index contributed by atoms with van der Waals surface area (Å²) in [6.45, 7) is 4.84. The molecule has 0 aromatic heterocycles. The second-order valence-electron chi connectivity index (χ2n) is 14.8. The second kappa shape index (κ2) is 8.99. The van der Waals surface area contributed by atoms with E-state index in [2.05, 4.69) is 135 Å². The minimum absolute atomic E-state index is 0.0802. The first-order valence-corrected chi connectivity index (χ1v) is 17.3. The summed E-state index contributed by atoms with van der Waals surface area (Å²) < 4.78 is 0. The largest absolute Gasteiger partial charge is 0.0614 e. The molecule has 0 radical (unpaired) electrons. The van der Waals surface area contributed by atoms with Crippen LogP contribution in [0, 0.1) is 0 Å². The van der Waals surface area contributed by atoms with Gasteiger partial charge in [-0.2, -0.15) is 0 Å². The topological polar surface area (TPSA) is 0 Å². The molecule has 11 rings (SSSR count). The van der Waals surface area contributed by atoms with Crippen LogP contribution >= 0.6 is 0 Å². The van der Waals surface area contributed by atoms with E-state index in [9.17, 15) is 0 Å². The molecule has 47 heavy (non-hydrogen) atoms. The van der Waals surface area contributed by atoms with E-state index in [0.29, 0.717) is 0 Å². The van der Waals surface area contributed by atoms with Gasteiger partial charge in [-0.05, 0) is 160 Å². The summed E-state index contributed by atoms with van der Waals surface area (Å²) >= 11 is 0. The Hall–Kier alpha value is -5.20. The molecular weight excluding hydrogens is 565 g/mol. The number of hydrogen-bond donors (Lipinski definition) is 0. The van der Waals surface area contributed by atoms with Crippen molar-refractivity contribution in [2.45, 2.75) is 44.9 Å². The fourth-order valence-electron chi connectivity index (χ4n) is 9.59. The van der Waals surface area contributed by atoms with Gasteiger partial charge in [-0.25, -0.2) is 0 Å². The molecule has 222 valence electrons. The van der Waals surface area contributed by atoms with Crippen molar-refractivity contribution >= 4 is 43.1 Å². The zero-order chi connectivity index (χ0) is 31.0. The lowest BCUT2D eigenvalue weighted by atomic mass is 9.80. The maximum atomic E-state index is 2.49. The molecule has 3 aliphatic carbocycles. The first-order chi connectivity index (χ1) is 23.0. The summed E-state index contributed by atoms with van der Waals surface area (Å²) in [5.41, 5.74) is 16.8. The van der Waals surface area contributed by atoms with Crippen molar-refractivity contribution in [2.24, 2.45) is 0 Å². The molecule has 0 saturated carbocycles. The van der Waals surface area contributed by atoms with Crippen LogP contribution in [0.2, 0.25) is 0 Å². The molecule has 0 fully saturated rings. The summed E-state index contributed by atoms with van der Waals surface area (Å²) in [6, 6.07) is 47.1. The quantitative estimate of drug-likeness (QED) is 0.174. The van der Waals surface area contributed by atoms with Gasteiger partial charge in [0.25, 0.3) is 0 Å². The number of benzene rings is 8.